The van der Waals surface area contributed by atoms with E-state index < -0.39 is 34.2 Å². The molecule has 0 spiro atoms. The lowest BCUT2D eigenvalue weighted by atomic mass is 9.85. The van der Waals surface area contributed by atoms with Crippen molar-refractivity contribution in [3.63, 3.8) is 0 Å². The second-order valence-corrected chi connectivity index (χ2v) is 23.2. The van der Waals surface area contributed by atoms with Gasteiger partial charge < -0.3 is 34.1 Å². The maximum atomic E-state index is 13.8. The van der Waals surface area contributed by atoms with E-state index in [2.05, 4.69) is 52.5 Å². The largest absolute Gasteiger partial charge is 0.460 e. The number of esters is 2. The van der Waals surface area contributed by atoms with Gasteiger partial charge in [0.05, 0.1) is 11.8 Å². The Labute approximate surface area is 382 Å². The Morgan fingerprint density at radius 1 is 0.587 bits per heavy atom. The Hall–Kier alpha value is -4.20. The molecule has 344 valence electrons. The number of amides is 2. The summed E-state index contributed by atoms with van der Waals surface area (Å²) in [7, 11) is 0. The van der Waals surface area contributed by atoms with E-state index in [1.54, 1.807) is 32.5 Å². The highest BCUT2D eigenvalue weighted by molar-refractivity contribution is 7.17. The van der Waals surface area contributed by atoms with Crippen LogP contribution in [0.2, 0.25) is 0 Å². The SMILES string of the molecule is CC(C)(C)OC(=O)[C@@H](Cc1csc2ccc(CNCc3ccc4scc(C[C@H](C(=O)OC(C)(C)C)[C@H]5CCN(C(=O)OC(C)(C)C)C5)c4c3)cc12)[C@H]1CCN(C(=O)OC(C)(C)C)C1. The van der Waals surface area contributed by atoms with Gasteiger partial charge >= 0.3 is 24.1 Å². The maximum Gasteiger partial charge on any atom is 0.410 e. The fourth-order valence-electron chi connectivity index (χ4n) is 8.47. The third-order valence-electron chi connectivity index (χ3n) is 11.3. The van der Waals surface area contributed by atoms with Gasteiger partial charge in [0.15, 0.2) is 0 Å². The zero-order valence-electron chi connectivity index (χ0n) is 39.5. The molecule has 0 bridgehead atoms. The topological polar surface area (TPSA) is 124 Å². The number of carbonyl (C=O) groups is 4. The molecule has 0 aliphatic carbocycles. The summed E-state index contributed by atoms with van der Waals surface area (Å²) in [6.07, 6.45) is 1.78. The second kappa shape index (κ2) is 19.1. The molecular weight excluding hydrogens is 835 g/mol. The van der Waals surface area contributed by atoms with E-state index in [0.717, 1.165) is 42.4 Å². The standard InChI is InChI=1S/C50H69N3O8S2/c1-47(2,3)58-43(54)39(33-17-19-52(27-33)45(56)60-49(7,8)9)23-35-29-62-41-15-13-31(21-37(35)41)25-51-26-32-14-16-42-38(22-32)36(30-63-42)24-40(44(55)59-48(4,5)6)34-18-20-53(28-34)46(57)61-50(10,11)12/h13-16,21-22,29-30,33-34,39-40,51H,17-20,23-28H2,1-12H3/t33-,34-,39-,40-/m0/s1. The maximum absolute atomic E-state index is 13.8. The van der Waals surface area contributed by atoms with Crippen molar-refractivity contribution in [3.05, 3.63) is 69.4 Å². The number of hydrogen-bond acceptors (Lipinski definition) is 11. The smallest absolute Gasteiger partial charge is 0.410 e. The highest BCUT2D eigenvalue weighted by Gasteiger charge is 2.41. The molecule has 2 saturated heterocycles. The fourth-order valence-corrected chi connectivity index (χ4v) is 10.4. The molecule has 0 radical (unpaired) electrons. The fraction of sp³-hybridized carbons (Fsp3) is 0.600. The predicted molar refractivity (Wildman–Crippen MR) is 252 cm³/mol. The van der Waals surface area contributed by atoms with Gasteiger partial charge in [-0.15, -0.1) is 22.7 Å². The highest BCUT2D eigenvalue weighted by atomic mass is 32.1. The number of rotatable bonds is 12. The molecular formula is C50H69N3O8S2. The Bertz CT molecular complexity index is 2110. The summed E-state index contributed by atoms with van der Waals surface area (Å²) in [5.74, 6) is -1.37. The normalized spacial score (nSPS) is 18.5. The van der Waals surface area contributed by atoms with Gasteiger partial charge in [-0.1, -0.05) is 12.1 Å². The Morgan fingerprint density at radius 2 is 0.952 bits per heavy atom. The van der Waals surface area contributed by atoms with E-state index in [0.29, 0.717) is 65.0 Å². The number of nitrogens with one attached hydrogen (secondary N) is 1. The van der Waals surface area contributed by atoms with Crippen molar-refractivity contribution in [3.8, 4) is 0 Å². The summed E-state index contributed by atoms with van der Waals surface area (Å²) >= 11 is 3.36. The van der Waals surface area contributed by atoms with E-state index >= 15 is 0 Å². The van der Waals surface area contributed by atoms with Crippen LogP contribution in [0.25, 0.3) is 20.2 Å². The third kappa shape index (κ3) is 13.4. The average Bonchev–Trinajstić information content (AvgIpc) is 3.97. The molecule has 4 aromatic rings. The van der Waals surface area contributed by atoms with Crippen molar-refractivity contribution in [2.45, 2.75) is 144 Å². The summed E-state index contributed by atoms with van der Waals surface area (Å²) in [5, 5.41) is 10.2. The van der Waals surface area contributed by atoms with Crippen LogP contribution >= 0.6 is 22.7 Å². The van der Waals surface area contributed by atoms with Gasteiger partial charge in [0.1, 0.15) is 22.4 Å². The molecule has 4 atom stereocenters. The summed E-state index contributed by atoms with van der Waals surface area (Å²) < 4.78 is 25.6. The molecule has 63 heavy (non-hydrogen) atoms. The monoisotopic (exact) mass is 903 g/mol. The van der Waals surface area contributed by atoms with Crippen molar-refractivity contribution in [1.29, 1.82) is 0 Å². The van der Waals surface area contributed by atoms with E-state index in [9.17, 15) is 19.2 Å². The summed E-state index contributed by atoms with van der Waals surface area (Å²) in [5.41, 5.74) is 2.05. The van der Waals surface area contributed by atoms with Crippen LogP contribution in [0.4, 0.5) is 9.59 Å². The minimum atomic E-state index is -0.630. The van der Waals surface area contributed by atoms with Crippen LogP contribution in [-0.4, -0.2) is 82.5 Å². The molecule has 2 aromatic heterocycles. The van der Waals surface area contributed by atoms with Crippen LogP contribution in [0, 0.1) is 23.7 Å². The molecule has 2 aromatic carbocycles. The molecule has 11 nitrogen and oxygen atoms in total. The molecule has 0 saturated carbocycles. The Balaban J connectivity index is 1.14. The average molecular weight is 904 g/mol. The quantitative estimate of drug-likeness (QED) is 0.109. The van der Waals surface area contributed by atoms with Gasteiger partial charge in [-0.2, -0.15) is 0 Å². The van der Waals surface area contributed by atoms with Gasteiger partial charge in [0.2, 0.25) is 0 Å². The first-order valence-electron chi connectivity index (χ1n) is 22.4. The molecule has 6 rings (SSSR count). The van der Waals surface area contributed by atoms with Crippen LogP contribution in [0.5, 0.6) is 0 Å². The first-order valence-corrected chi connectivity index (χ1v) is 24.2. The molecule has 2 fully saturated rings. The van der Waals surface area contributed by atoms with Crippen LogP contribution in [0.1, 0.15) is 118 Å². The van der Waals surface area contributed by atoms with Crippen LogP contribution in [0.3, 0.4) is 0 Å². The molecule has 2 aliphatic rings. The number of ether oxygens (including phenoxy) is 4. The lowest BCUT2D eigenvalue weighted by Gasteiger charge is -2.28. The first kappa shape index (κ1) is 48.3. The number of carbonyl (C=O) groups excluding carboxylic acids is 4. The van der Waals surface area contributed by atoms with E-state index in [1.165, 1.54) is 0 Å². The van der Waals surface area contributed by atoms with Crippen molar-refractivity contribution < 1.29 is 38.1 Å². The first-order chi connectivity index (χ1) is 29.3. The zero-order chi connectivity index (χ0) is 46.1. The van der Waals surface area contributed by atoms with Crippen LogP contribution in [-0.2, 0) is 54.5 Å². The summed E-state index contributed by atoms with van der Waals surface area (Å²) in [6, 6.07) is 13.1. The zero-order valence-corrected chi connectivity index (χ0v) is 41.1. The second-order valence-electron chi connectivity index (χ2n) is 21.4. The van der Waals surface area contributed by atoms with E-state index in [1.807, 2.05) is 83.1 Å². The molecule has 0 unspecified atom stereocenters. The summed E-state index contributed by atoms with van der Waals surface area (Å²) in [6.45, 7) is 25.8. The number of benzene rings is 2. The molecule has 13 heteroatoms. The van der Waals surface area contributed by atoms with Crippen LogP contribution < -0.4 is 5.32 Å². The van der Waals surface area contributed by atoms with Crippen molar-refractivity contribution >= 4 is 67.0 Å². The lowest BCUT2D eigenvalue weighted by molar-refractivity contribution is -0.163. The van der Waals surface area contributed by atoms with Gasteiger partial charge in [0, 0.05) is 48.7 Å². The number of nitrogens with zero attached hydrogens (tertiary/aromatic N) is 2. The Kier molecular flexibility index (Phi) is 14.6. The molecule has 2 aliphatic heterocycles. The summed E-state index contributed by atoms with van der Waals surface area (Å²) in [4.78, 5) is 57.0. The van der Waals surface area contributed by atoms with Gasteiger partial charge in [-0.25, -0.2) is 9.59 Å². The lowest BCUT2D eigenvalue weighted by Crippen LogP contribution is -2.38. The number of likely N-dealkylation sites (tertiary alicyclic amines) is 2. The number of fused-ring (bicyclic) bond motifs is 2. The highest BCUT2D eigenvalue weighted by Crippen LogP contribution is 2.37. The minimum absolute atomic E-state index is 0.0475. The van der Waals surface area contributed by atoms with E-state index in [-0.39, 0.29) is 36.0 Å². The molecule has 1 N–H and O–H groups in total. The van der Waals surface area contributed by atoms with Gasteiger partial charge in [-0.05, 0) is 189 Å². The van der Waals surface area contributed by atoms with E-state index in [4.69, 9.17) is 18.9 Å². The molecule has 2 amide bonds. The number of hydrogen-bond donors (Lipinski definition) is 1. The van der Waals surface area contributed by atoms with Gasteiger partial charge in [0.25, 0.3) is 0 Å². The van der Waals surface area contributed by atoms with Crippen molar-refractivity contribution in [2.24, 2.45) is 23.7 Å². The number of thiophene rings is 2. The third-order valence-corrected chi connectivity index (χ3v) is 13.3. The minimum Gasteiger partial charge on any atom is -0.460 e. The Morgan fingerprint density at radius 3 is 1.30 bits per heavy atom. The van der Waals surface area contributed by atoms with Crippen LogP contribution in [0.15, 0.2) is 47.2 Å². The molecule has 4 heterocycles. The van der Waals surface area contributed by atoms with Gasteiger partial charge in [-0.3, -0.25) is 9.59 Å². The predicted octanol–water partition coefficient (Wildman–Crippen LogP) is 10.9. The van der Waals surface area contributed by atoms with Crippen molar-refractivity contribution in [2.75, 3.05) is 26.2 Å². The van der Waals surface area contributed by atoms with Crippen molar-refractivity contribution in [1.82, 2.24) is 15.1 Å².